The van der Waals surface area contributed by atoms with E-state index < -0.39 is 0 Å². The van der Waals surface area contributed by atoms with Gasteiger partial charge >= 0.3 is 0 Å². The molecule has 2 nitrogen and oxygen atoms in total. The van der Waals surface area contributed by atoms with Gasteiger partial charge in [-0.1, -0.05) is 29.3 Å². The van der Waals surface area contributed by atoms with Gasteiger partial charge in [0.15, 0.2) is 0 Å². The number of hydrogen-bond acceptors (Lipinski definition) is 1. The zero-order valence-electron chi connectivity index (χ0n) is 7.19. The smallest absolute Gasteiger partial charge is 0.221 e. The molecule has 0 bridgehead atoms. The number of hydrogen-bond donors (Lipinski definition) is 1. The highest BCUT2D eigenvalue weighted by atomic mass is 79.9. The van der Waals surface area contributed by atoms with Crippen LogP contribution in [0.2, 0.25) is 0 Å². The molecule has 0 aromatic rings. The maximum atomic E-state index is 11.0. The first-order valence-electron chi connectivity index (χ1n) is 4.06. The van der Waals surface area contributed by atoms with Crippen molar-refractivity contribution >= 4 is 21.8 Å². The summed E-state index contributed by atoms with van der Waals surface area (Å²) < 4.78 is 0. The molecule has 3 heteroatoms. The minimum Gasteiger partial charge on any atom is -0.354 e. The maximum absolute atomic E-state index is 11.0. The van der Waals surface area contributed by atoms with Gasteiger partial charge in [0.2, 0.25) is 5.91 Å². The second-order valence-electron chi connectivity index (χ2n) is 2.70. The first-order chi connectivity index (χ1) is 5.20. The monoisotopic (exact) mass is 221 g/mol. The molecule has 0 aliphatic carbocycles. The number of rotatable bonds is 5. The summed E-state index contributed by atoms with van der Waals surface area (Å²) >= 11 is 3.22. The lowest BCUT2D eigenvalue weighted by Gasteiger charge is -2.11. The lowest BCUT2D eigenvalue weighted by molar-refractivity contribution is -0.121. The van der Waals surface area contributed by atoms with Crippen molar-refractivity contribution in [3.05, 3.63) is 0 Å². The fourth-order valence-electron chi connectivity index (χ4n) is 0.938. The zero-order valence-corrected chi connectivity index (χ0v) is 8.78. The highest BCUT2D eigenvalue weighted by Gasteiger charge is 2.04. The Balaban J connectivity index is 3.40. The number of carbonyl (C=O) groups is 1. The molecule has 1 atom stereocenters. The predicted molar refractivity (Wildman–Crippen MR) is 50.9 cm³/mol. The summed E-state index contributed by atoms with van der Waals surface area (Å²) in [5.41, 5.74) is 0. The summed E-state index contributed by atoms with van der Waals surface area (Å²) in [6, 6.07) is 0.326. The Morgan fingerprint density at radius 1 is 1.64 bits per heavy atom. The van der Waals surface area contributed by atoms with Gasteiger partial charge in [-0.2, -0.15) is 0 Å². The van der Waals surface area contributed by atoms with Crippen LogP contribution in [0.4, 0.5) is 0 Å². The van der Waals surface area contributed by atoms with Crippen LogP contribution in [0.25, 0.3) is 0 Å². The van der Waals surface area contributed by atoms with E-state index >= 15 is 0 Å². The molecule has 0 spiro atoms. The summed E-state index contributed by atoms with van der Waals surface area (Å²) in [6.45, 7) is 4.16. The van der Waals surface area contributed by atoms with Gasteiger partial charge in [0.1, 0.15) is 0 Å². The van der Waals surface area contributed by atoms with Crippen LogP contribution in [-0.2, 0) is 4.79 Å². The Kier molecular flexibility index (Phi) is 6.62. The topological polar surface area (TPSA) is 29.1 Å². The first kappa shape index (κ1) is 11.0. The SMILES string of the molecule is CCCC(C)NC(=O)CCBr. The highest BCUT2D eigenvalue weighted by molar-refractivity contribution is 9.09. The van der Waals surface area contributed by atoms with Gasteiger partial charge in [-0.05, 0) is 13.3 Å². The van der Waals surface area contributed by atoms with Crippen molar-refractivity contribution in [2.75, 3.05) is 5.33 Å². The van der Waals surface area contributed by atoms with Crippen LogP contribution in [0.3, 0.4) is 0 Å². The molecular formula is C8H16BrNO. The molecule has 0 aliphatic heterocycles. The lowest BCUT2D eigenvalue weighted by atomic mass is 10.2. The van der Waals surface area contributed by atoms with E-state index in [9.17, 15) is 4.79 Å². The third-order valence-electron chi connectivity index (χ3n) is 1.45. The van der Waals surface area contributed by atoms with Crippen molar-refractivity contribution in [2.45, 2.75) is 39.2 Å². The molecule has 1 amide bonds. The summed E-state index contributed by atoms with van der Waals surface area (Å²) in [5, 5.41) is 3.66. The van der Waals surface area contributed by atoms with Crippen LogP contribution in [-0.4, -0.2) is 17.3 Å². The van der Waals surface area contributed by atoms with E-state index in [1.54, 1.807) is 0 Å². The predicted octanol–water partition coefficient (Wildman–Crippen LogP) is 2.08. The Morgan fingerprint density at radius 2 is 2.27 bits per heavy atom. The molecule has 0 fully saturated rings. The van der Waals surface area contributed by atoms with Gasteiger partial charge in [-0.25, -0.2) is 0 Å². The number of nitrogens with one attached hydrogen (secondary N) is 1. The van der Waals surface area contributed by atoms with E-state index in [1.165, 1.54) is 0 Å². The minimum atomic E-state index is 0.142. The molecule has 66 valence electrons. The average Bonchev–Trinajstić information content (AvgIpc) is 1.87. The molecule has 0 rings (SSSR count). The van der Waals surface area contributed by atoms with Gasteiger partial charge in [-0.15, -0.1) is 0 Å². The Labute approximate surface area is 76.9 Å². The third kappa shape index (κ3) is 6.35. The molecule has 0 radical (unpaired) electrons. The van der Waals surface area contributed by atoms with E-state index in [4.69, 9.17) is 0 Å². The molecule has 0 heterocycles. The van der Waals surface area contributed by atoms with Crippen molar-refractivity contribution in [1.82, 2.24) is 5.32 Å². The van der Waals surface area contributed by atoms with Crippen LogP contribution in [0.5, 0.6) is 0 Å². The van der Waals surface area contributed by atoms with Gasteiger partial charge in [-0.3, -0.25) is 4.79 Å². The van der Waals surface area contributed by atoms with Crippen molar-refractivity contribution < 1.29 is 4.79 Å². The van der Waals surface area contributed by atoms with Gasteiger partial charge < -0.3 is 5.32 Å². The van der Waals surface area contributed by atoms with E-state index in [2.05, 4.69) is 28.2 Å². The van der Waals surface area contributed by atoms with Crippen LogP contribution >= 0.6 is 15.9 Å². The van der Waals surface area contributed by atoms with Gasteiger partial charge in [0.25, 0.3) is 0 Å². The quantitative estimate of drug-likeness (QED) is 0.709. The average molecular weight is 222 g/mol. The molecule has 0 aliphatic rings. The molecule has 1 unspecified atom stereocenters. The largest absolute Gasteiger partial charge is 0.354 e. The van der Waals surface area contributed by atoms with Gasteiger partial charge in [0.05, 0.1) is 0 Å². The van der Waals surface area contributed by atoms with E-state index in [0.29, 0.717) is 12.5 Å². The van der Waals surface area contributed by atoms with Crippen molar-refractivity contribution in [1.29, 1.82) is 0 Å². The first-order valence-corrected chi connectivity index (χ1v) is 5.18. The molecule has 0 aromatic heterocycles. The zero-order chi connectivity index (χ0) is 8.69. The van der Waals surface area contributed by atoms with Crippen molar-refractivity contribution in [3.8, 4) is 0 Å². The number of amides is 1. The van der Waals surface area contributed by atoms with Crippen LogP contribution in [0, 0.1) is 0 Å². The summed E-state index contributed by atoms with van der Waals surface area (Å²) in [6.07, 6.45) is 2.76. The molecule has 0 saturated heterocycles. The third-order valence-corrected chi connectivity index (χ3v) is 1.85. The number of halogens is 1. The maximum Gasteiger partial charge on any atom is 0.221 e. The second kappa shape index (κ2) is 6.65. The Morgan fingerprint density at radius 3 is 2.73 bits per heavy atom. The van der Waals surface area contributed by atoms with E-state index in [-0.39, 0.29) is 5.91 Å². The fourth-order valence-corrected chi connectivity index (χ4v) is 1.30. The molecular weight excluding hydrogens is 206 g/mol. The molecule has 11 heavy (non-hydrogen) atoms. The van der Waals surface area contributed by atoms with Crippen LogP contribution < -0.4 is 5.32 Å². The summed E-state index contributed by atoms with van der Waals surface area (Å²) in [7, 11) is 0. The lowest BCUT2D eigenvalue weighted by Crippen LogP contribution is -2.32. The summed E-state index contributed by atoms with van der Waals surface area (Å²) in [4.78, 5) is 11.0. The van der Waals surface area contributed by atoms with Crippen LogP contribution in [0.15, 0.2) is 0 Å². The van der Waals surface area contributed by atoms with Crippen molar-refractivity contribution in [2.24, 2.45) is 0 Å². The van der Waals surface area contributed by atoms with Crippen LogP contribution in [0.1, 0.15) is 33.1 Å². The Hall–Kier alpha value is -0.0500. The van der Waals surface area contributed by atoms with Crippen molar-refractivity contribution in [3.63, 3.8) is 0 Å². The Bertz CT molecular complexity index is 117. The highest BCUT2D eigenvalue weighted by Crippen LogP contribution is 1.96. The number of carbonyl (C=O) groups excluding carboxylic acids is 1. The standard InChI is InChI=1S/C8H16BrNO/c1-3-4-7(2)10-8(11)5-6-9/h7H,3-6H2,1-2H3,(H,10,11). The number of alkyl halides is 1. The molecule has 0 aromatic carbocycles. The molecule has 0 saturated carbocycles. The second-order valence-corrected chi connectivity index (χ2v) is 3.49. The minimum absolute atomic E-state index is 0.142. The van der Waals surface area contributed by atoms with E-state index in [0.717, 1.165) is 18.2 Å². The molecule has 1 N–H and O–H groups in total. The van der Waals surface area contributed by atoms with E-state index in [1.807, 2.05) is 6.92 Å². The fraction of sp³-hybridized carbons (Fsp3) is 0.875. The van der Waals surface area contributed by atoms with Gasteiger partial charge in [0, 0.05) is 17.8 Å². The normalized spacial score (nSPS) is 12.6. The summed E-state index contributed by atoms with van der Waals surface area (Å²) in [5.74, 6) is 0.142.